The summed E-state index contributed by atoms with van der Waals surface area (Å²) in [5, 5.41) is 11.7. The van der Waals surface area contributed by atoms with E-state index in [1.807, 2.05) is 6.92 Å². The highest BCUT2D eigenvalue weighted by Gasteiger charge is 2.44. The quantitative estimate of drug-likeness (QED) is 0.297. The van der Waals surface area contributed by atoms with E-state index in [0.29, 0.717) is 21.2 Å². The zero-order valence-electron chi connectivity index (χ0n) is 16.6. The molecule has 4 aromatic rings. The number of carbonyl (C=O) groups is 1. The van der Waals surface area contributed by atoms with E-state index < -0.39 is 16.9 Å². The third-order valence-electron chi connectivity index (χ3n) is 5.38. The minimum Gasteiger partial charge on any atom is -0.450 e. The smallest absolute Gasteiger partial charge is 0.296 e. The summed E-state index contributed by atoms with van der Waals surface area (Å²) in [5.74, 6) is -0.302. The number of hydrogen-bond donors (Lipinski definition) is 0. The number of benzene rings is 2. The molecule has 0 aliphatic carbocycles. The zero-order valence-corrected chi connectivity index (χ0v) is 18.2. The van der Waals surface area contributed by atoms with E-state index in [1.54, 1.807) is 42.6 Å². The monoisotopic (exact) mass is 491 g/mol. The molecule has 2 aromatic heterocycles. The van der Waals surface area contributed by atoms with Crippen LogP contribution >= 0.6 is 15.9 Å². The van der Waals surface area contributed by atoms with E-state index in [2.05, 4.69) is 20.9 Å². The molecule has 1 aliphatic heterocycles. The molecule has 1 atom stereocenters. The van der Waals surface area contributed by atoms with E-state index in [0.717, 1.165) is 5.56 Å². The molecule has 0 saturated carbocycles. The number of non-ortho nitro benzene ring substituents is 1. The number of aryl methyl sites for hydroxylation is 1. The van der Waals surface area contributed by atoms with Gasteiger partial charge in [-0.2, -0.15) is 0 Å². The molecule has 3 heterocycles. The van der Waals surface area contributed by atoms with Crippen LogP contribution in [0.4, 0.5) is 11.5 Å². The van der Waals surface area contributed by atoms with Gasteiger partial charge in [0, 0.05) is 22.8 Å². The summed E-state index contributed by atoms with van der Waals surface area (Å²) < 4.78 is 6.58. The topological polar surface area (TPSA) is 107 Å². The van der Waals surface area contributed by atoms with Crippen molar-refractivity contribution in [3.63, 3.8) is 0 Å². The molecule has 9 heteroatoms. The number of pyridine rings is 1. The molecular formula is C23H14BrN3O5. The first-order valence-electron chi connectivity index (χ1n) is 9.62. The number of nitro benzene ring substituents is 1. The highest BCUT2D eigenvalue weighted by molar-refractivity contribution is 9.10. The lowest BCUT2D eigenvalue weighted by Crippen LogP contribution is -2.30. The molecule has 0 unspecified atom stereocenters. The average Bonchev–Trinajstić information content (AvgIpc) is 3.07. The SMILES string of the molecule is Cc1ccnc(N2C(=O)c3oc4ccc(Br)cc4c(=O)c3[C@H]2c2cccc([N+](=O)[O-])c2)c1. The maximum atomic E-state index is 13.6. The van der Waals surface area contributed by atoms with Gasteiger partial charge in [-0.15, -0.1) is 0 Å². The van der Waals surface area contributed by atoms with Gasteiger partial charge in [0.2, 0.25) is 5.76 Å². The maximum absolute atomic E-state index is 13.6. The van der Waals surface area contributed by atoms with Crippen LogP contribution in [0.15, 0.2) is 74.5 Å². The van der Waals surface area contributed by atoms with Crippen molar-refractivity contribution in [3.8, 4) is 0 Å². The molecular weight excluding hydrogens is 478 g/mol. The lowest BCUT2D eigenvalue weighted by atomic mass is 9.98. The third kappa shape index (κ3) is 3.09. The van der Waals surface area contributed by atoms with Gasteiger partial charge < -0.3 is 4.42 Å². The van der Waals surface area contributed by atoms with E-state index >= 15 is 0 Å². The van der Waals surface area contributed by atoms with Crippen LogP contribution in [0, 0.1) is 17.0 Å². The van der Waals surface area contributed by atoms with Crippen LogP contribution in [0.5, 0.6) is 0 Å². The van der Waals surface area contributed by atoms with E-state index in [-0.39, 0.29) is 28.0 Å². The molecule has 0 saturated heterocycles. The summed E-state index contributed by atoms with van der Waals surface area (Å²) in [6, 6.07) is 13.4. The van der Waals surface area contributed by atoms with Crippen LogP contribution in [-0.2, 0) is 0 Å². The van der Waals surface area contributed by atoms with E-state index in [9.17, 15) is 19.7 Å². The number of halogens is 1. The lowest BCUT2D eigenvalue weighted by molar-refractivity contribution is -0.384. The Balaban J connectivity index is 1.83. The number of aromatic nitrogens is 1. The van der Waals surface area contributed by atoms with Crippen molar-refractivity contribution in [2.45, 2.75) is 13.0 Å². The van der Waals surface area contributed by atoms with Crippen molar-refractivity contribution >= 4 is 44.3 Å². The summed E-state index contributed by atoms with van der Waals surface area (Å²) in [4.78, 5) is 43.6. The van der Waals surface area contributed by atoms with Crippen LogP contribution in [0.3, 0.4) is 0 Å². The van der Waals surface area contributed by atoms with Crippen molar-refractivity contribution in [3.05, 3.63) is 108 Å². The van der Waals surface area contributed by atoms with Gasteiger partial charge in [-0.25, -0.2) is 4.98 Å². The Kier molecular flexibility index (Phi) is 4.63. The number of nitro groups is 1. The first-order valence-corrected chi connectivity index (χ1v) is 10.4. The van der Waals surface area contributed by atoms with Crippen LogP contribution in [-0.4, -0.2) is 15.8 Å². The van der Waals surface area contributed by atoms with Crippen molar-refractivity contribution < 1.29 is 14.1 Å². The molecule has 0 radical (unpaired) electrons. The molecule has 1 amide bonds. The molecule has 158 valence electrons. The minimum absolute atomic E-state index is 0.0929. The molecule has 8 nitrogen and oxygen atoms in total. The summed E-state index contributed by atoms with van der Waals surface area (Å²) >= 11 is 3.36. The third-order valence-corrected chi connectivity index (χ3v) is 5.87. The van der Waals surface area contributed by atoms with Crippen molar-refractivity contribution in [2.24, 2.45) is 0 Å². The number of anilines is 1. The summed E-state index contributed by atoms with van der Waals surface area (Å²) in [6.07, 6.45) is 1.56. The second kappa shape index (κ2) is 7.38. The first kappa shape index (κ1) is 20.1. The van der Waals surface area contributed by atoms with Gasteiger partial charge in [-0.1, -0.05) is 28.1 Å². The summed E-state index contributed by atoms with van der Waals surface area (Å²) in [5.41, 5.74) is 1.17. The van der Waals surface area contributed by atoms with Crippen LogP contribution in [0.1, 0.15) is 33.3 Å². The predicted molar refractivity (Wildman–Crippen MR) is 121 cm³/mol. The molecule has 5 rings (SSSR count). The van der Waals surface area contributed by atoms with Crippen molar-refractivity contribution in [1.29, 1.82) is 0 Å². The van der Waals surface area contributed by atoms with E-state index in [4.69, 9.17) is 4.42 Å². The standard InChI is InChI=1S/C23H14BrN3O5/c1-12-7-8-25-18(9-12)26-20(13-3-2-4-15(10-13)27(30)31)19-21(28)16-11-14(24)5-6-17(16)32-22(19)23(26)29/h2-11,20H,1H3/t20-/m1/s1. The highest BCUT2D eigenvalue weighted by Crippen LogP contribution is 2.41. The highest BCUT2D eigenvalue weighted by atomic mass is 79.9. The zero-order chi connectivity index (χ0) is 22.6. The minimum atomic E-state index is -0.925. The van der Waals surface area contributed by atoms with Gasteiger partial charge in [0.15, 0.2) is 5.43 Å². The van der Waals surface area contributed by atoms with Crippen LogP contribution in [0.25, 0.3) is 11.0 Å². The van der Waals surface area contributed by atoms with Gasteiger partial charge in [0.05, 0.1) is 21.9 Å². The lowest BCUT2D eigenvalue weighted by Gasteiger charge is -2.24. The number of rotatable bonds is 3. The molecule has 1 aliphatic rings. The van der Waals surface area contributed by atoms with Gasteiger partial charge in [0.1, 0.15) is 11.4 Å². The Hall–Kier alpha value is -3.85. The number of amides is 1. The second-order valence-electron chi connectivity index (χ2n) is 7.44. The molecule has 32 heavy (non-hydrogen) atoms. The number of carbonyl (C=O) groups excluding carboxylic acids is 1. The molecule has 0 fully saturated rings. The number of hydrogen-bond acceptors (Lipinski definition) is 6. The molecule has 2 aromatic carbocycles. The Labute approximate surface area is 189 Å². The van der Waals surface area contributed by atoms with Crippen LogP contribution < -0.4 is 10.3 Å². The Morgan fingerprint density at radius 3 is 2.69 bits per heavy atom. The Morgan fingerprint density at radius 2 is 1.94 bits per heavy atom. The number of nitrogens with zero attached hydrogens (tertiary/aromatic N) is 3. The van der Waals surface area contributed by atoms with Gasteiger partial charge in [-0.3, -0.25) is 24.6 Å². The predicted octanol–water partition coefficient (Wildman–Crippen LogP) is 4.92. The molecule has 0 N–H and O–H groups in total. The normalized spacial score (nSPS) is 15.2. The largest absolute Gasteiger partial charge is 0.450 e. The summed E-state index contributed by atoms with van der Waals surface area (Å²) in [6.45, 7) is 1.86. The molecule has 0 spiro atoms. The Bertz CT molecular complexity index is 1500. The first-order chi connectivity index (χ1) is 15.3. The van der Waals surface area contributed by atoms with Crippen LogP contribution in [0.2, 0.25) is 0 Å². The van der Waals surface area contributed by atoms with Gasteiger partial charge in [0.25, 0.3) is 11.6 Å². The average molecular weight is 492 g/mol. The Morgan fingerprint density at radius 1 is 1.12 bits per heavy atom. The van der Waals surface area contributed by atoms with Gasteiger partial charge >= 0.3 is 0 Å². The fourth-order valence-electron chi connectivity index (χ4n) is 3.96. The maximum Gasteiger partial charge on any atom is 0.296 e. The van der Waals surface area contributed by atoms with Crippen molar-refractivity contribution in [2.75, 3.05) is 4.90 Å². The second-order valence-corrected chi connectivity index (χ2v) is 8.35. The molecule has 0 bridgehead atoms. The van der Waals surface area contributed by atoms with Gasteiger partial charge in [-0.05, 0) is 48.4 Å². The fraction of sp³-hybridized carbons (Fsp3) is 0.0870. The fourth-order valence-corrected chi connectivity index (χ4v) is 4.32. The van der Waals surface area contributed by atoms with E-state index in [1.165, 1.54) is 23.1 Å². The summed E-state index contributed by atoms with van der Waals surface area (Å²) in [7, 11) is 0. The van der Waals surface area contributed by atoms with Crippen molar-refractivity contribution in [1.82, 2.24) is 4.98 Å². The number of fused-ring (bicyclic) bond motifs is 2.